The Hall–Kier alpha value is -1.12. The van der Waals surface area contributed by atoms with E-state index < -0.39 is 0 Å². The van der Waals surface area contributed by atoms with Crippen molar-refractivity contribution in [1.82, 2.24) is 0 Å². The molecule has 0 amide bonds. The molecule has 1 unspecified atom stereocenters. The van der Waals surface area contributed by atoms with E-state index in [0.29, 0.717) is 46.7 Å². The fraction of sp³-hybridized carbons (Fsp3) is 0.784. The molecule has 1 aromatic rings. The average molecular weight is 533 g/mol. The lowest BCUT2D eigenvalue weighted by Crippen LogP contribution is -2.65. The van der Waals surface area contributed by atoms with E-state index in [9.17, 15) is 5.11 Å². The molecule has 0 radical (unpaired) electrons. The average Bonchev–Trinajstić information content (AvgIpc) is 2.89. The lowest BCUT2D eigenvalue weighted by Gasteiger charge is -2.71. The minimum absolute atomic E-state index is 0.188. The second-order valence-electron chi connectivity index (χ2n) is 16.9. The molecule has 0 spiro atoms. The highest BCUT2D eigenvalue weighted by Gasteiger charge is 2.68. The van der Waals surface area contributed by atoms with Crippen LogP contribution in [0, 0.1) is 50.2 Å². The van der Waals surface area contributed by atoms with Crippen LogP contribution in [-0.4, -0.2) is 17.8 Å². The van der Waals surface area contributed by atoms with Crippen molar-refractivity contribution in [2.24, 2.45) is 50.2 Å². The van der Waals surface area contributed by atoms with Gasteiger partial charge in [0.05, 0.1) is 19.3 Å². The van der Waals surface area contributed by atoms with Gasteiger partial charge in [-0.3, -0.25) is 0 Å². The van der Waals surface area contributed by atoms with Crippen LogP contribution in [0.3, 0.4) is 0 Å². The monoisotopic (exact) mass is 532 g/mol. The molecule has 0 aliphatic heterocycles. The number of hydrogen-bond acceptors (Lipinski definition) is 2. The largest absolute Gasteiger partial charge is 0.392 e. The Morgan fingerprint density at radius 3 is 2.28 bits per heavy atom. The fourth-order valence-electron chi connectivity index (χ4n) is 11.5. The van der Waals surface area contributed by atoms with Crippen molar-refractivity contribution >= 4 is 0 Å². The van der Waals surface area contributed by atoms with Crippen molar-refractivity contribution in [3.05, 3.63) is 47.5 Å². The van der Waals surface area contributed by atoms with Gasteiger partial charge >= 0.3 is 0 Å². The molecule has 0 saturated heterocycles. The maximum atomic E-state index is 11.5. The Kier molecular flexibility index (Phi) is 6.60. The van der Waals surface area contributed by atoms with Gasteiger partial charge in [0, 0.05) is 5.41 Å². The van der Waals surface area contributed by atoms with Gasteiger partial charge < -0.3 is 9.84 Å². The Morgan fingerprint density at radius 1 is 0.821 bits per heavy atom. The summed E-state index contributed by atoms with van der Waals surface area (Å²) in [6.07, 6.45) is 15.2. The molecule has 1 aromatic carbocycles. The molecule has 4 saturated carbocycles. The van der Waals surface area contributed by atoms with E-state index in [4.69, 9.17) is 4.74 Å². The zero-order valence-electron chi connectivity index (χ0n) is 26.1. The van der Waals surface area contributed by atoms with E-state index in [-0.39, 0.29) is 16.9 Å². The second kappa shape index (κ2) is 9.19. The molecular weight excluding hydrogens is 476 g/mol. The van der Waals surface area contributed by atoms with Crippen LogP contribution < -0.4 is 0 Å². The van der Waals surface area contributed by atoms with Crippen LogP contribution in [0.4, 0.5) is 0 Å². The summed E-state index contributed by atoms with van der Waals surface area (Å²) in [7, 11) is 0. The molecule has 2 heteroatoms. The Bertz CT molecular complexity index is 1110. The maximum Gasteiger partial charge on any atom is 0.0717 e. The quantitative estimate of drug-likeness (QED) is 0.391. The van der Waals surface area contributed by atoms with Crippen molar-refractivity contribution in [3.8, 4) is 0 Å². The second-order valence-corrected chi connectivity index (χ2v) is 16.9. The highest BCUT2D eigenvalue weighted by atomic mass is 16.5. The van der Waals surface area contributed by atoms with Crippen molar-refractivity contribution in [2.75, 3.05) is 6.61 Å². The first-order chi connectivity index (χ1) is 18.3. The normalized spacial score (nSPS) is 48.7. The van der Waals surface area contributed by atoms with Crippen molar-refractivity contribution < 1.29 is 9.84 Å². The predicted molar refractivity (Wildman–Crippen MR) is 161 cm³/mol. The number of hydrogen-bond donors (Lipinski definition) is 1. The third kappa shape index (κ3) is 4.08. The van der Waals surface area contributed by atoms with Gasteiger partial charge in [-0.1, -0.05) is 90.4 Å². The van der Waals surface area contributed by atoms with Gasteiger partial charge in [0.15, 0.2) is 0 Å². The van der Waals surface area contributed by atoms with Crippen molar-refractivity contribution in [1.29, 1.82) is 0 Å². The fourth-order valence-corrected chi connectivity index (χ4v) is 11.5. The molecular formula is C37H56O2. The minimum atomic E-state index is -0.277. The van der Waals surface area contributed by atoms with Crippen LogP contribution >= 0.6 is 0 Å². The van der Waals surface area contributed by atoms with E-state index in [1.54, 1.807) is 0 Å². The Morgan fingerprint density at radius 2 is 1.54 bits per heavy atom. The highest BCUT2D eigenvalue weighted by molar-refractivity contribution is 5.33. The first-order valence-electron chi connectivity index (χ1n) is 16.3. The number of benzene rings is 1. The summed E-state index contributed by atoms with van der Waals surface area (Å²) < 4.78 is 6.41. The standard InChI is InChI=1S/C37H56O2/c1-32(2)19-20-33(3)21-22-36(6)27(28(33)23-32)13-14-30-34(4)17-16-31(38)35(5,29(34)15-18-37(30,36)7)25-39-24-26-11-9-8-10-12-26/h8-13,28-31,38H,14-25H2,1-7H3/t28-,29?,30-,31+,33-,34+,35+,36-,37-/m1/s1. The molecule has 4 fully saturated rings. The molecule has 1 N–H and O–H groups in total. The van der Waals surface area contributed by atoms with Gasteiger partial charge in [0.2, 0.25) is 0 Å². The van der Waals surface area contributed by atoms with E-state index in [1.165, 1.54) is 56.9 Å². The molecule has 0 aromatic heterocycles. The molecule has 9 atom stereocenters. The van der Waals surface area contributed by atoms with Crippen LogP contribution in [0.15, 0.2) is 42.0 Å². The van der Waals surface area contributed by atoms with Gasteiger partial charge in [0.25, 0.3) is 0 Å². The molecule has 6 rings (SSSR count). The van der Waals surface area contributed by atoms with E-state index >= 15 is 0 Å². The number of aliphatic hydroxyl groups excluding tert-OH is 1. The van der Waals surface area contributed by atoms with Gasteiger partial charge in [-0.05, 0) is 115 Å². The van der Waals surface area contributed by atoms with Crippen LogP contribution in [-0.2, 0) is 11.3 Å². The summed E-state index contributed by atoms with van der Waals surface area (Å²) >= 11 is 0. The number of fused-ring (bicyclic) bond motifs is 7. The van der Waals surface area contributed by atoms with Crippen LogP contribution in [0.2, 0.25) is 0 Å². The molecule has 216 valence electrons. The zero-order valence-corrected chi connectivity index (χ0v) is 26.1. The smallest absolute Gasteiger partial charge is 0.0717 e. The number of aliphatic hydroxyl groups is 1. The molecule has 0 heterocycles. The molecule has 5 aliphatic carbocycles. The van der Waals surface area contributed by atoms with E-state index in [0.717, 1.165) is 18.8 Å². The van der Waals surface area contributed by atoms with Crippen molar-refractivity contribution in [2.45, 2.75) is 125 Å². The van der Waals surface area contributed by atoms with Gasteiger partial charge in [-0.15, -0.1) is 0 Å². The maximum absolute atomic E-state index is 11.5. The Balaban J connectivity index is 1.30. The summed E-state index contributed by atoms with van der Waals surface area (Å²) in [5.74, 6) is 1.94. The SMILES string of the molecule is CC1(C)CC[C@]2(C)CC[C@]3(C)C(=CC[C@@H]4[C@@]5(C)CC[C@H](O)[C@@](C)(COCc6ccccc6)C5CC[C@]43C)[C@H]2C1. The van der Waals surface area contributed by atoms with E-state index in [2.05, 4.69) is 84.9 Å². The van der Waals surface area contributed by atoms with Crippen molar-refractivity contribution in [3.63, 3.8) is 0 Å². The lowest BCUT2D eigenvalue weighted by molar-refractivity contribution is -0.219. The number of allylic oxidation sites excluding steroid dienone is 2. The van der Waals surface area contributed by atoms with Crippen LogP contribution in [0.1, 0.15) is 118 Å². The highest BCUT2D eigenvalue weighted by Crippen LogP contribution is 2.75. The summed E-state index contributed by atoms with van der Waals surface area (Å²) in [6, 6.07) is 10.5. The zero-order chi connectivity index (χ0) is 27.9. The summed E-state index contributed by atoms with van der Waals surface area (Å²) in [4.78, 5) is 0. The van der Waals surface area contributed by atoms with Gasteiger partial charge in [-0.25, -0.2) is 0 Å². The topological polar surface area (TPSA) is 29.5 Å². The summed E-state index contributed by atoms with van der Waals surface area (Å²) in [5.41, 5.74) is 4.73. The number of ether oxygens (including phenoxy) is 1. The van der Waals surface area contributed by atoms with Gasteiger partial charge in [0.1, 0.15) is 0 Å². The molecule has 5 aliphatic rings. The molecule has 0 bridgehead atoms. The van der Waals surface area contributed by atoms with E-state index in [1.807, 2.05) is 5.57 Å². The lowest BCUT2D eigenvalue weighted by atomic mass is 9.33. The third-order valence-electron chi connectivity index (χ3n) is 14.4. The minimum Gasteiger partial charge on any atom is -0.392 e. The number of rotatable bonds is 4. The van der Waals surface area contributed by atoms with Gasteiger partial charge in [-0.2, -0.15) is 0 Å². The third-order valence-corrected chi connectivity index (χ3v) is 14.4. The molecule has 2 nitrogen and oxygen atoms in total. The summed E-state index contributed by atoms with van der Waals surface area (Å²) in [5, 5.41) is 11.5. The first-order valence-corrected chi connectivity index (χ1v) is 16.3. The van der Waals surface area contributed by atoms with Crippen LogP contribution in [0.25, 0.3) is 0 Å². The Labute approximate surface area is 239 Å². The first kappa shape index (κ1) is 28.0. The predicted octanol–water partition coefficient (Wildman–Crippen LogP) is 9.37. The summed E-state index contributed by atoms with van der Waals surface area (Å²) in [6.45, 7) is 19.3. The van der Waals surface area contributed by atoms with Crippen LogP contribution in [0.5, 0.6) is 0 Å². The molecule has 39 heavy (non-hydrogen) atoms.